The van der Waals surface area contributed by atoms with E-state index in [0.29, 0.717) is 11.8 Å². The van der Waals surface area contributed by atoms with Crippen LogP contribution < -0.4 is 0 Å². The van der Waals surface area contributed by atoms with Crippen LogP contribution in [0.4, 0.5) is 0 Å². The Bertz CT molecular complexity index is 1030. The zero-order chi connectivity index (χ0) is 20.6. The highest BCUT2D eigenvalue weighted by atomic mass is 15.3. The molecule has 0 atom stereocenters. The third-order valence-electron chi connectivity index (χ3n) is 5.13. The van der Waals surface area contributed by atoms with E-state index in [0.717, 1.165) is 22.7 Å². The SMILES string of the molecule is C.Cc1cc2ncc(C(C)C)n2nc1C.Cc1cn2ncc(C(C)C)c2nc1C. The fraction of sp³-hybridized carbons (Fsp3) is 0.478. The van der Waals surface area contributed by atoms with Gasteiger partial charge in [-0.2, -0.15) is 10.2 Å². The molecule has 0 fully saturated rings. The molecular formula is C23H34N6. The highest BCUT2D eigenvalue weighted by Crippen LogP contribution is 2.19. The van der Waals surface area contributed by atoms with Crippen LogP contribution in [0.25, 0.3) is 11.3 Å². The summed E-state index contributed by atoms with van der Waals surface area (Å²) >= 11 is 0. The molecule has 4 aromatic heterocycles. The molecule has 0 N–H and O–H groups in total. The van der Waals surface area contributed by atoms with Crippen molar-refractivity contribution in [3.05, 3.63) is 58.4 Å². The van der Waals surface area contributed by atoms with Crippen molar-refractivity contribution in [2.24, 2.45) is 0 Å². The maximum absolute atomic E-state index is 4.56. The average Bonchev–Trinajstić information content (AvgIpc) is 3.20. The number of aryl methyl sites for hydroxylation is 4. The summed E-state index contributed by atoms with van der Waals surface area (Å²) < 4.78 is 3.80. The zero-order valence-corrected chi connectivity index (χ0v) is 18.1. The molecule has 4 heterocycles. The molecular weight excluding hydrogens is 360 g/mol. The smallest absolute Gasteiger partial charge is 0.158 e. The molecule has 0 saturated heterocycles. The first-order chi connectivity index (χ1) is 13.2. The quantitative estimate of drug-likeness (QED) is 0.445. The van der Waals surface area contributed by atoms with E-state index in [1.807, 2.05) is 41.5 Å². The highest BCUT2D eigenvalue weighted by molar-refractivity contribution is 5.49. The van der Waals surface area contributed by atoms with E-state index in [-0.39, 0.29) is 7.43 Å². The summed E-state index contributed by atoms with van der Waals surface area (Å²) in [6.07, 6.45) is 5.85. The largest absolute Gasteiger partial charge is 0.235 e. The molecule has 0 radical (unpaired) electrons. The summed E-state index contributed by atoms with van der Waals surface area (Å²) in [5, 5.41) is 8.81. The van der Waals surface area contributed by atoms with E-state index in [4.69, 9.17) is 0 Å². The third kappa shape index (κ3) is 4.47. The van der Waals surface area contributed by atoms with Crippen molar-refractivity contribution in [1.82, 2.24) is 29.2 Å². The first kappa shape index (κ1) is 22.5. The second kappa shape index (κ2) is 8.72. The average molecular weight is 395 g/mol. The van der Waals surface area contributed by atoms with Crippen LogP contribution in [-0.2, 0) is 0 Å². The summed E-state index contributed by atoms with van der Waals surface area (Å²) in [5.74, 6) is 0.932. The van der Waals surface area contributed by atoms with E-state index in [1.54, 1.807) is 0 Å². The van der Waals surface area contributed by atoms with Crippen LogP contribution in [-0.4, -0.2) is 29.2 Å². The van der Waals surface area contributed by atoms with Crippen LogP contribution in [0.2, 0.25) is 0 Å². The van der Waals surface area contributed by atoms with Crippen LogP contribution in [0, 0.1) is 27.7 Å². The molecule has 0 aliphatic heterocycles. The molecule has 6 nitrogen and oxygen atoms in total. The first-order valence-electron chi connectivity index (χ1n) is 9.82. The van der Waals surface area contributed by atoms with Gasteiger partial charge in [0.15, 0.2) is 11.3 Å². The Hall–Kier alpha value is -2.76. The molecule has 29 heavy (non-hydrogen) atoms. The van der Waals surface area contributed by atoms with Gasteiger partial charge in [0.2, 0.25) is 0 Å². The lowest BCUT2D eigenvalue weighted by Crippen LogP contribution is -2.02. The van der Waals surface area contributed by atoms with Crippen LogP contribution in [0.5, 0.6) is 0 Å². The summed E-state index contributed by atoms with van der Waals surface area (Å²) in [4.78, 5) is 8.90. The molecule has 156 valence electrons. The minimum Gasteiger partial charge on any atom is -0.235 e. The van der Waals surface area contributed by atoms with Gasteiger partial charge in [-0.1, -0.05) is 35.1 Å². The number of rotatable bonds is 2. The Kier molecular flexibility index (Phi) is 6.77. The number of imidazole rings is 1. The number of hydrogen-bond donors (Lipinski definition) is 0. The normalized spacial score (nSPS) is 11.1. The van der Waals surface area contributed by atoms with Gasteiger partial charge in [0.05, 0.1) is 23.8 Å². The van der Waals surface area contributed by atoms with Crippen molar-refractivity contribution < 1.29 is 0 Å². The number of fused-ring (bicyclic) bond motifs is 2. The van der Waals surface area contributed by atoms with Gasteiger partial charge in [-0.15, -0.1) is 0 Å². The Morgan fingerprint density at radius 1 is 0.862 bits per heavy atom. The standard InChI is InChI=1S/2C11H15N3.CH4/c1-7(2)10-5-12-14-6-8(3)9(4)13-11(10)14;1-7(2)10-6-12-11-5-8(3)9(4)13-14(10)11;/h2*5-7H,1-4H3;1H4. The zero-order valence-electron chi connectivity index (χ0n) is 18.1. The number of aromatic nitrogens is 6. The van der Waals surface area contributed by atoms with Crippen molar-refractivity contribution in [1.29, 1.82) is 0 Å². The fourth-order valence-electron chi connectivity index (χ4n) is 3.01. The molecule has 0 aliphatic rings. The number of hydrogen-bond acceptors (Lipinski definition) is 4. The molecule has 4 rings (SSSR count). The van der Waals surface area contributed by atoms with Crippen molar-refractivity contribution in [2.45, 2.75) is 74.7 Å². The van der Waals surface area contributed by atoms with Crippen LogP contribution in [0.3, 0.4) is 0 Å². The van der Waals surface area contributed by atoms with Gasteiger partial charge in [-0.3, -0.25) is 0 Å². The maximum atomic E-state index is 4.56. The summed E-state index contributed by atoms with van der Waals surface area (Å²) in [6.45, 7) is 16.8. The van der Waals surface area contributed by atoms with Crippen molar-refractivity contribution in [2.75, 3.05) is 0 Å². The molecule has 4 aromatic rings. The maximum Gasteiger partial charge on any atom is 0.158 e. The van der Waals surface area contributed by atoms with Crippen molar-refractivity contribution >= 4 is 11.3 Å². The monoisotopic (exact) mass is 394 g/mol. The Labute approximate surface area is 174 Å². The Morgan fingerprint density at radius 3 is 2.17 bits per heavy atom. The van der Waals surface area contributed by atoms with Gasteiger partial charge < -0.3 is 0 Å². The third-order valence-corrected chi connectivity index (χ3v) is 5.13. The Balaban J connectivity index is 0.000000200. The van der Waals surface area contributed by atoms with Gasteiger partial charge in [-0.25, -0.2) is 19.0 Å². The van der Waals surface area contributed by atoms with Crippen LogP contribution >= 0.6 is 0 Å². The lowest BCUT2D eigenvalue weighted by molar-refractivity contribution is 0.748. The van der Waals surface area contributed by atoms with E-state index < -0.39 is 0 Å². The topological polar surface area (TPSA) is 60.4 Å². The van der Waals surface area contributed by atoms with Gasteiger partial charge in [0.1, 0.15) is 0 Å². The van der Waals surface area contributed by atoms with E-state index in [2.05, 4.69) is 67.8 Å². The van der Waals surface area contributed by atoms with Gasteiger partial charge >= 0.3 is 0 Å². The molecule has 0 saturated carbocycles. The van der Waals surface area contributed by atoms with E-state index in [9.17, 15) is 0 Å². The number of nitrogens with zero attached hydrogens (tertiary/aromatic N) is 6. The molecule has 0 aliphatic carbocycles. The van der Waals surface area contributed by atoms with E-state index >= 15 is 0 Å². The minimum atomic E-state index is 0. The highest BCUT2D eigenvalue weighted by Gasteiger charge is 2.10. The second-order valence-electron chi connectivity index (χ2n) is 8.05. The first-order valence-corrected chi connectivity index (χ1v) is 9.82. The second-order valence-corrected chi connectivity index (χ2v) is 8.05. The molecule has 6 heteroatoms. The van der Waals surface area contributed by atoms with Crippen LogP contribution in [0.1, 0.15) is 80.7 Å². The molecule has 0 amide bonds. The predicted octanol–water partition coefficient (Wildman–Crippen LogP) is 5.58. The summed E-state index contributed by atoms with van der Waals surface area (Å²) in [6, 6.07) is 2.08. The molecule has 0 bridgehead atoms. The minimum absolute atomic E-state index is 0. The summed E-state index contributed by atoms with van der Waals surface area (Å²) in [7, 11) is 0. The van der Waals surface area contributed by atoms with E-state index in [1.165, 1.54) is 22.4 Å². The van der Waals surface area contributed by atoms with Gasteiger partial charge in [0.25, 0.3) is 0 Å². The summed E-state index contributed by atoms with van der Waals surface area (Å²) in [5.41, 5.74) is 8.84. The Morgan fingerprint density at radius 2 is 1.55 bits per heavy atom. The fourth-order valence-corrected chi connectivity index (χ4v) is 3.01. The van der Waals surface area contributed by atoms with Gasteiger partial charge in [0, 0.05) is 17.5 Å². The van der Waals surface area contributed by atoms with Crippen molar-refractivity contribution in [3.63, 3.8) is 0 Å². The van der Waals surface area contributed by atoms with Crippen molar-refractivity contribution in [3.8, 4) is 0 Å². The molecule has 0 aromatic carbocycles. The van der Waals surface area contributed by atoms with Gasteiger partial charge in [-0.05, 0) is 56.7 Å². The lowest BCUT2D eigenvalue weighted by atomic mass is 10.1. The van der Waals surface area contributed by atoms with Crippen LogP contribution in [0.15, 0.2) is 24.7 Å². The molecule has 0 unspecified atom stereocenters. The molecule has 0 spiro atoms. The predicted molar refractivity (Wildman–Crippen MR) is 120 cm³/mol. The lowest BCUT2D eigenvalue weighted by Gasteiger charge is -2.05.